The average Bonchev–Trinajstić information content (AvgIpc) is 3.00. The largest absolute Gasteiger partial charge is 0.396 e. The first-order valence-corrected chi connectivity index (χ1v) is 7.31. The molecule has 2 fully saturated rings. The third kappa shape index (κ3) is 2.99. The van der Waals surface area contributed by atoms with Gasteiger partial charge >= 0.3 is 12.2 Å². The lowest BCUT2D eigenvalue weighted by Gasteiger charge is -2.25. The van der Waals surface area contributed by atoms with Gasteiger partial charge in [0.05, 0.1) is 11.5 Å². The Labute approximate surface area is 129 Å². The summed E-state index contributed by atoms with van der Waals surface area (Å²) in [5, 5.41) is 15.7. The molecule has 0 unspecified atom stereocenters. The Morgan fingerprint density at radius 3 is 2.74 bits per heavy atom. The van der Waals surface area contributed by atoms with E-state index >= 15 is 0 Å². The summed E-state index contributed by atoms with van der Waals surface area (Å²) in [4.78, 5) is 17.5. The summed E-state index contributed by atoms with van der Waals surface area (Å²) in [5.74, 6) is 0.557. The van der Waals surface area contributed by atoms with Crippen molar-refractivity contribution in [2.75, 3.05) is 13.1 Å². The number of alkyl halides is 3. The predicted molar refractivity (Wildman–Crippen MR) is 70.2 cm³/mol. The molecular formula is C13H17F3N4O3. The van der Waals surface area contributed by atoms with Crippen LogP contribution in [0.1, 0.15) is 37.0 Å². The van der Waals surface area contributed by atoms with Gasteiger partial charge in [-0.1, -0.05) is 5.16 Å². The fourth-order valence-corrected chi connectivity index (χ4v) is 2.78. The van der Waals surface area contributed by atoms with Crippen LogP contribution in [-0.4, -0.2) is 51.5 Å². The highest BCUT2D eigenvalue weighted by Gasteiger charge is 2.63. The molecule has 1 aromatic heterocycles. The Bertz CT molecular complexity index is 600. The van der Waals surface area contributed by atoms with Crippen LogP contribution in [0.15, 0.2) is 4.52 Å². The summed E-state index contributed by atoms with van der Waals surface area (Å²) in [6.45, 7) is 1.16. The molecule has 2 N–H and O–H groups in total. The maximum atomic E-state index is 12.9. The fourth-order valence-electron chi connectivity index (χ4n) is 2.78. The van der Waals surface area contributed by atoms with Crippen molar-refractivity contribution in [3.8, 4) is 0 Å². The van der Waals surface area contributed by atoms with Crippen molar-refractivity contribution in [2.24, 2.45) is 5.41 Å². The maximum Gasteiger partial charge on any atom is 0.396 e. The number of carbonyl (C=O) groups is 1. The summed E-state index contributed by atoms with van der Waals surface area (Å²) < 4.78 is 43.7. The molecule has 1 aliphatic heterocycles. The van der Waals surface area contributed by atoms with Crippen LogP contribution in [0.25, 0.3) is 0 Å². The van der Waals surface area contributed by atoms with E-state index < -0.39 is 36.3 Å². The zero-order valence-corrected chi connectivity index (χ0v) is 12.4. The van der Waals surface area contributed by atoms with Gasteiger partial charge < -0.3 is 19.8 Å². The first-order chi connectivity index (χ1) is 10.7. The second-order valence-corrected chi connectivity index (χ2v) is 6.17. The van der Waals surface area contributed by atoms with Crippen molar-refractivity contribution in [3.63, 3.8) is 0 Å². The molecule has 7 nitrogen and oxygen atoms in total. The number of β-amino-alcohol motifs (C(OH)–C–C–N with tert-alkyl or cyclic N) is 1. The minimum absolute atomic E-state index is 0.0109. The summed E-state index contributed by atoms with van der Waals surface area (Å²) in [5.41, 5.74) is -1.81. The number of nitrogens with one attached hydrogen (secondary N) is 1. The van der Waals surface area contributed by atoms with Gasteiger partial charge in [0, 0.05) is 19.5 Å². The number of halogens is 3. The van der Waals surface area contributed by atoms with E-state index in [1.165, 1.54) is 4.90 Å². The Kier molecular flexibility index (Phi) is 3.74. The second kappa shape index (κ2) is 5.36. The number of carbonyl (C=O) groups excluding carboxylic acids is 1. The normalized spacial score (nSPS) is 26.4. The van der Waals surface area contributed by atoms with Crippen molar-refractivity contribution < 1.29 is 27.6 Å². The molecule has 23 heavy (non-hydrogen) atoms. The standard InChI is InChI=1S/C13H17F3N4O3/c1-7-18-10(23-19-7)9-4-8(21)5-20(9)11(22)17-6-12(2-3-12)13(14,15)16/h8-9,21H,2-6H2,1H3,(H,17,22)/t8-,9-/m1/s1. The highest BCUT2D eigenvalue weighted by molar-refractivity contribution is 5.75. The van der Waals surface area contributed by atoms with Crippen molar-refractivity contribution in [1.29, 1.82) is 0 Å². The van der Waals surface area contributed by atoms with E-state index in [0.29, 0.717) is 5.82 Å². The number of aliphatic hydroxyl groups excluding tert-OH is 1. The minimum atomic E-state index is -4.33. The molecule has 2 aliphatic rings. The molecule has 10 heteroatoms. The number of nitrogens with zero attached hydrogens (tertiary/aromatic N) is 3. The van der Waals surface area contributed by atoms with Crippen molar-refractivity contribution in [1.82, 2.24) is 20.4 Å². The molecule has 2 heterocycles. The van der Waals surface area contributed by atoms with Gasteiger partial charge in [-0.05, 0) is 19.8 Å². The SMILES string of the molecule is Cc1noc([C@H]2C[C@@H](O)CN2C(=O)NCC2(C(F)(F)F)CC2)n1. The third-order valence-electron chi connectivity index (χ3n) is 4.40. The maximum absolute atomic E-state index is 12.9. The Morgan fingerprint density at radius 2 is 2.22 bits per heavy atom. The minimum Gasteiger partial charge on any atom is -0.391 e. The van der Waals surface area contributed by atoms with Crippen LogP contribution < -0.4 is 5.32 Å². The summed E-state index contributed by atoms with van der Waals surface area (Å²) in [6, 6.07) is -1.30. The summed E-state index contributed by atoms with van der Waals surface area (Å²) >= 11 is 0. The van der Waals surface area contributed by atoms with Crippen LogP contribution >= 0.6 is 0 Å². The third-order valence-corrected chi connectivity index (χ3v) is 4.40. The van der Waals surface area contributed by atoms with E-state index in [1.807, 2.05) is 0 Å². The first kappa shape index (κ1) is 16.0. The van der Waals surface area contributed by atoms with Crippen LogP contribution in [0.3, 0.4) is 0 Å². The molecule has 0 spiro atoms. The lowest BCUT2D eigenvalue weighted by Crippen LogP contribution is -2.45. The van der Waals surface area contributed by atoms with Gasteiger partial charge in [-0.2, -0.15) is 18.2 Å². The van der Waals surface area contributed by atoms with Gasteiger partial charge in [-0.15, -0.1) is 0 Å². The molecule has 0 aromatic carbocycles. The highest BCUT2D eigenvalue weighted by atomic mass is 19.4. The number of aromatic nitrogens is 2. The van der Waals surface area contributed by atoms with Crippen LogP contribution in [0.5, 0.6) is 0 Å². The predicted octanol–water partition coefficient (Wildman–Crippen LogP) is 1.54. The van der Waals surface area contributed by atoms with E-state index in [1.54, 1.807) is 6.92 Å². The monoisotopic (exact) mass is 334 g/mol. The molecule has 2 atom stereocenters. The molecule has 2 amide bonds. The lowest BCUT2D eigenvalue weighted by atomic mass is 10.1. The van der Waals surface area contributed by atoms with Gasteiger partial charge in [0.2, 0.25) is 5.89 Å². The fraction of sp³-hybridized carbons (Fsp3) is 0.769. The van der Waals surface area contributed by atoms with Crippen molar-refractivity contribution in [2.45, 2.75) is 44.5 Å². The summed E-state index contributed by atoms with van der Waals surface area (Å²) in [7, 11) is 0. The smallest absolute Gasteiger partial charge is 0.391 e. The number of aliphatic hydroxyl groups is 1. The van der Waals surface area contributed by atoms with E-state index in [-0.39, 0.29) is 31.7 Å². The van der Waals surface area contributed by atoms with E-state index in [2.05, 4.69) is 15.5 Å². The molecule has 1 aromatic rings. The Hall–Kier alpha value is -1.84. The summed E-state index contributed by atoms with van der Waals surface area (Å²) in [6.07, 6.45) is -4.86. The molecule has 3 rings (SSSR count). The van der Waals surface area contributed by atoms with Gasteiger partial charge in [-0.3, -0.25) is 0 Å². The molecule has 128 valence electrons. The van der Waals surface area contributed by atoms with E-state index in [4.69, 9.17) is 4.52 Å². The van der Waals surface area contributed by atoms with Gasteiger partial charge in [0.1, 0.15) is 6.04 Å². The number of hydrogen-bond acceptors (Lipinski definition) is 5. The molecule has 1 saturated carbocycles. The average molecular weight is 334 g/mol. The first-order valence-electron chi connectivity index (χ1n) is 7.31. The topological polar surface area (TPSA) is 91.5 Å². The van der Waals surface area contributed by atoms with Crippen LogP contribution in [0, 0.1) is 12.3 Å². The Morgan fingerprint density at radius 1 is 1.52 bits per heavy atom. The van der Waals surface area contributed by atoms with Gasteiger partial charge in [0.25, 0.3) is 0 Å². The highest BCUT2D eigenvalue weighted by Crippen LogP contribution is 2.57. The van der Waals surface area contributed by atoms with Crippen molar-refractivity contribution in [3.05, 3.63) is 11.7 Å². The number of rotatable bonds is 3. The zero-order chi connectivity index (χ0) is 16.8. The molecular weight excluding hydrogens is 317 g/mol. The van der Waals surface area contributed by atoms with E-state index in [0.717, 1.165) is 0 Å². The Balaban J connectivity index is 1.66. The number of hydrogen-bond donors (Lipinski definition) is 2. The van der Waals surface area contributed by atoms with Gasteiger partial charge in [-0.25, -0.2) is 4.79 Å². The number of amides is 2. The van der Waals surface area contributed by atoms with Crippen LogP contribution in [0.4, 0.5) is 18.0 Å². The van der Waals surface area contributed by atoms with E-state index in [9.17, 15) is 23.1 Å². The van der Waals surface area contributed by atoms with Crippen molar-refractivity contribution >= 4 is 6.03 Å². The van der Waals surface area contributed by atoms with Crippen LogP contribution in [0.2, 0.25) is 0 Å². The molecule has 0 radical (unpaired) electrons. The number of aryl methyl sites for hydroxylation is 1. The van der Waals surface area contributed by atoms with Crippen LogP contribution in [-0.2, 0) is 0 Å². The lowest BCUT2D eigenvalue weighted by molar-refractivity contribution is -0.184. The molecule has 0 bridgehead atoms. The molecule has 1 saturated heterocycles. The quantitative estimate of drug-likeness (QED) is 0.875. The number of urea groups is 1. The zero-order valence-electron chi connectivity index (χ0n) is 12.4. The molecule has 1 aliphatic carbocycles. The van der Waals surface area contributed by atoms with Gasteiger partial charge in [0.15, 0.2) is 5.82 Å². The second-order valence-electron chi connectivity index (χ2n) is 6.17. The number of likely N-dealkylation sites (tertiary alicyclic amines) is 1.